The topological polar surface area (TPSA) is 26.3 Å². The number of nitrogens with zero attached hydrogens (tertiary/aromatic N) is 1. The molecule has 0 amide bonds. The number of rotatable bonds is 10. The monoisotopic (exact) mass is 351 g/mol. The number of benzene rings is 1. The molecule has 0 saturated heterocycles. The van der Waals surface area contributed by atoms with Crippen molar-refractivity contribution in [3.05, 3.63) is 61.2 Å². The Kier molecular flexibility index (Phi) is 9.64. The molecule has 0 aliphatic carbocycles. The summed E-state index contributed by atoms with van der Waals surface area (Å²) in [5.74, 6) is -0.370. The fourth-order valence-electron chi connectivity index (χ4n) is 2.89. The molecule has 0 spiro atoms. The van der Waals surface area contributed by atoms with Gasteiger partial charge in [0.25, 0.3) is 0 Å². The maximum atomic E-state index is 11.9. The number of likely N-dealkylation sites (N-methyl/N-ethyl adjacent to an activating group) is 1. The number of unbranched alkanes of at least 4 members (excludes halogenated alkanes) is 1. The van der Waals surface area contributed by atoms with E-state index < -0.39 is 5.72 Å². The minimum atomic E-state index is -0.620. The Labute approximate surface area is 153 Å². The summed E-state index contributed by atoms with van der Waals surface area (Å²) in [6, 6.07) is 10.3. The van der Waals surface area contributed by atoms with Crippen LogP contribution in [0.5, 0.6) is 0 Å². The Morgan fingerprint density at radius 3 is 2.42 bits per heavy atom. The number of carbonyl (C=O) groups excluding carboxylic acids is 1. The van der Waals surface area contributed by atoms with Crippen molar-refractivity contribution in [1.82, 2.24) is 0 Å². The van der Waals surface area contributed by atoms with Gasteiger partial charge in [0.1, 0.15) is 13.1 Å². The molecule has 2 atom stereocenters. The fourth-order valence-corrected chi connectivity index (χ4v) is 2.89. The molecule has 134 valence electrons. The molecule has 0 saturated carbocycles. The van der Waals surface area contributed by atoms with Crippen molar-refractivity contribution >= 4 is 5.97 Å². The van der Waals surface area contributed by atoms with Gasteiger partial charge < -0.3 is 17.1 Å². The molecule has 24 heavy (non-hydrogen) atoms. The summed E-state index contributed by atoms with van der Waals surface area (Å²) in [4.78, 5) is 11.9. The minimum Gasteiger partial charge on any atom is -1.00 e. The molecule has 0 N–H and O–H groups in total. The van der Waals surface area contributed by atoms with Crippen molar-refractivity contribution in [2.75, 3.05) is 13.6 Å². The molecule has 1 aromatic carbocycles. The average Bonchev–Trinajstić information content (AvgIpc) is 2.53. The lowest BCUT2D eigenvalue weighted by molar-refractivity contribution is -0.986. The zero-order valence-electron chi connectivity index (χ0n) is 15.1. The molecule has 0 radical (unpaired) electrons. The second-order valence-corrected chi connectivity index (χ2v) is 6.41. The molecule has 1 aromatic rings. The molecule has 0 aliphatic rings. The van der Waals surface area contributed by atoms with Crippen molar-refractivity contribution in [2.24, 2.45) is 0 Å². The molecule has 2 unspecified atom stereocenters. The molecule has 0 aliphatic heterocycles. The SMILES string of the molecule is C=CC[N+](C)(Cc1ccccc1)C(C)(CCCC)OC(=O)C=C.[Cl-]. The van der Waals surface area contributed by atoms with Crippen LogP contribution in [0.4, 0.5) is 0 Å². The van der Waals surface area contributed by atoms with E-state index in [1.807, 2.05) is 31.2 Å². The lowest BCUT2D eigenvalue weighted by atomic mass is 10.0. The highest BCUT2D eigenvalue weighted by Crippen LogP contribution is 2.33. The molecular formula is C20H30ClNO2. The molecule has 0 heterocycles. The third kappa shape index (κ3) is 5.81. The van der Waals surface area contributed by atoms with Gasteiger partial charge in [-0.25, -0.2) is 4.79 Å². The predicted octanol–water partition coefficient (Wildman–Crippen LogP) is 1.46. The third-order valence-electron chi connectivity index (χ3n) is 4.53. The van der Waals surface area contributed by atoms with Crippen LogP contribution in [0.25, 0.3) is 0 Å². The van der Waals surface area contributed by atoms with E-state index in [9.17, 15) is 4.79 Å². The van der Waals surface area contributed by atoms with Gasteiger partial charge in [0.15, 0.2) is 0 Å². The van der Waals surface area contributed by atoms with Gasteiger partial charge in [0.05, 0.1) is 7.05 Å². The third-order valence-corrected chi connectivity index (χ3v) is 4.53. The van der Waals surface area contributed by atoms with Gasteiger partial charge in [-0.05, 0) is 12.5 Å². The first-order valence-corrected chi connectivity index (χ1v) is 8.25. The van der Waals surface area contributed by atoms with Crippen LogP contribution in [0.1, 0.15) is 38.7 Å². The van der Waals surface area contributed by atoms with E-state index >= 15 is 0 Å². The standard InChI is InChI=1S/C20H30NO2.ClH/c1-6-9-15-20(4,23-19(22)8-3)21(5,16-7-2)17-18-13-11-10-12-14-18;/h7-8,10-14H,2-3,6,9,15-17H2,1,4-5H3;1H/q+1;/p-1. The molecule has 0 aromatic heterocycles. The number of carbonyl (C=O) groups is 1. The Morgan fingerprint density at radius 2 is 1.92 bits per heavy atom. The van der Waals surface area contributed by atoms with Gasteiger partial charge in [-0.1, -0.05) is 56.8 Å². The number of esters is 1. The highest BCUT2D eigenvalue weighted by atomic mass is 35.5. The number of hydrogen-bond donors (Lipinski definition) is 0. The van der Waals surface area contributed by atoms with E-state index in [1.54, 1.807) is 0 Å². The summed E-state index contributed by atoms with van der Waals surface area (Å²) in [7, 11) is 2.13. The smallest absolute Gasteiger partial charge is 0.334 e. The first-order valence-electron chi connectivity index (χ1n) is 8.25. The highest BCUT2D eigenvalue weighted by Gasteiger charge is 2.46. The predicted molar refractivity (Wildman–Crippen MR) is 95.6 cm³/mol. The number of quaternary nitrogens is 1. The lowest BCUT2D eigenvalue weighted by Gasteiger charge is -2.47. The van der Waals surface area contributed by atoms with Crippen molar-refractivity contribution in [3.63, 3.8) is 0 Å². The van der Waals surface area contributed by atoms with Gasteiger partial charge in [0.2, 0.25) is 5.72 Å². The Bertz CT molecular complexity index is 532. The maximum Gasteiger partial charge on any atom is 0.334 e. The van der Waals surface area contributed by atoms with Crippen molar-refractivity contribution < 1.29 is 26.4 Å². The van der Waals surface area contributed by atoms with Crippen LogP contribution in [0.3, 0.4) is 0 Å². The van der Waals surface area contributed by atoms with E-state index in [-0.39, 0.29) is 18.4 Å². The zero-order valence-corrected chi connectivity index (χ0v) is 15.9. The van der Waals surface area contributed by atoms with Gasteiger partial charge >= 0.3 is 5.97 Å². The summed E-state index contributed by atoms with van der Waals surface area (Å²) >= 11 is 0. The highest BCUT2D eigenvalue weighted by molar-refractivity contribution is 5.81. The molecule has 4 heteroatoms. The summed E-state index contributed by atoms with van der Waals surface area (Å²) in [5, 5.41) is 0. The molecule has 1 rings (SSSR count). The lowest BCUT2D eigenvalue weighted by Crippen LogP contribution is -3.00. The summed E-state index contributed by atoms with van der Waals surface area (Å²) in [6.07, 6.45) is 6.00. The van der Waals surface area contributed by atoms with Crippen molar-refractivity contribution in [2.45, 2.75) is 45.4 Å². The Morgan fingerprint density at radius 1 is 1.29 bits per heavy atom. The van der Waals surface area contributed by atoms with Gasteiger partial charge in [-0.2, -0.15) is 0 Å². The number of halogens is 1. The number of ether oxygens (including phenoxy) is 1. The van der Waals surface area contributed by atoms with Crippen LogP contribution < -0.4 is 12.4 Å². The van der Waals surface area contributed by atoms with E-state index in [2.05, 4.69) is 39.3 Å². The molecule has 0 bridgehead atoms. The Hall–Kier alpha value is -1.58. The van der Waals surface area contributed by atoms with Crippen LogP contribution in [-0.4, -0.2) is 29.8 Å². The summed E-state index contributed by atoms with van der Waals surface area (Å²) in [6.45, 7) is 13.1. The quantitative estimate of drug-likeness (QED) is 0.210. The van der Waals surface area contributed by atoms with E-state index in [1.165, 1.54) is 11.6 Å². The van der Waals surface area contributed by atoms with E-state index in [0.29, 0.717) is 4.48 Å². The second kappa shape index (κ2) is 10.3. The van der Waals surface area contributed by atoms with E-state index in [4.69, 9.17) is 4.74 Å². The van der Waals surface area contributed by atoms with Gasteiger partial charge in [-0.3, -0.25) is 4.48 Å². The Balaban J connectivity index is 0.00000529. The molecule has 0 fully saturated rings. The summed E-state index contributed by atoms with van der Waals surface area (Å²) in [5.41, 5.74) is 0.597. The molecule has 3 nitrogen and oxygen atoms in total. The van der Waals surface area contributed by atoms with E-state index in [0.717, 1.165) is 32.4 Å². The second-order valence-electron chi connectivity index (χ2n) is 6.41. The van der Waals surface area contributed by atoms with Gasteiger partial charge in [-0.15, -0.1) is 0 Å². The maximum absolute atomic E-state index is 11.9. The average molecular weight is 352 g/mol. The van der Waals surface area contributed by atoms with Crippen LogP contribution in [0.15, 0.2) is 55.6 Å². The largest absolute Gasteiger partial charge is 1.00 e. The van der Waals surface area contributed by atoms with Crippen molar-refractivity contribution in [1.29, 1.82) is 0 Å². The van der Waals surface area contributed by atoms with Crippen LogP contribution in [-0.2, 0) is 16.1 Å². The first kappa shape index (κ1) is 22.4. The minimum absolute atomic E-state index is 0. The zero-order chi connectivity index (χ0) is 17.3. The van der Waals surface area contributed by atoms with Crippen LogP contribution >= 0.6 is 0 Å². The van der Waals surface area contributed by atoms with Gasteiger partial charge in [0, 0.05) is 25.0 Å². The van der Waals surface area contributed by atoms with Crippen LogP contribution in [0.2, 0.25) is 0 Å². The first-order chi connectivity index (χ1) is 10.9. The normalized spacial score (nSPS) is 15.3. The fraction of sp³-hybridized carbons (Fsp3) is 0.450. The summed E-state index contributed by atoms with van der Waals surface area (Å²) < 4.78 is 6.42. The van der Waals surface area contributed by atoms with Crippen molar-refractivity contribution in [3.8, 4) is 0 Å². The van der Waals surface area contributed by atoms with Crippen LogP contribution in [0, 0.1) is 0 Å². The molecular weight excluding hydrogens is 322 g/mol. The number of hydrogen-bond acceptors (Lipinski definition) is 2.